The molecule has 2 rings (SSSR count). The van der Waals surface area contributed by atoms with E-state index in [1.54, 1.807) is 0 Å². The van der Waals surface area contributed by atoms with Crippen molar-refractivity contribution in [1.29, 1.82) is 0 Å². The van der Waals surface area contributed by atoms with E-state index < -0.39 is 0 Å². The molecule has 0 aromatic heterocycles. The Labute approximate surface area is 159 Å². The quantitative estimate of drug-likeness (QED) is 0.737. The Morgan fingerprint density at radius 2 is 1.85 bits per heavy atom. The first kappa shape index (κ1) is 20.7. The molecule has 0 unspecified atom stereocenters. The molecule has 1 saturated heterocycles. The van der Waals surface area contributed by atoms with Gasteiger partial charge in [0.2, 0.25) is 5.91 Å². The summed E-state index contributed by atoms with van der Waals surface area (Å²) in [6.45, 7) is 13.3. The summed E-state index contributed by atoms with van der Waals surface area (Å²) in [6, 6.07) is 10.5. The largest absolute Gasteiger partial charge is 0.355 e. The number of hydrogen-bond acceptors (Lipinski definition) is 3. The molecule has 0 atom stereocenters. The van der Waals surface area contributed by atoms with Gasteiger partial charge in [-0.1, -0.05) is 55.8 Å². The molecule has 0 radical (unpaired) electrons. The topological polar surface area (TPSA) is 35.6 Å². The Balaban J connectivity index is 1.69. The minimum Gasteiger partial charge on any atom is -0.355 e. The van der Waals surface area contributed by atoms with Crippen molar-refractivity contribution in [1.82, 2.24) is 15.1 Å². The average Bonchev–Trinajstić information content (AvgIpc) is 2.66. The summed E-state index contributed by atoms with van der Waals surface area (Å²) in [4.78, 5) is 17.2. The van der Waals surface area contributed by atoms with Crippen LogP contribution in [0.4, 0.5) is 0 Å². The van der Waals surface area contributed by atoms with Crippen LogP contribution in [0.2, 0.25) is 0 Å². The summed E-state index contributed by atoms with van der Waals surface area (Å²) in [7, 11) is 0. The molecule has 0 spiro atoms. The van der Waals surface area contributed by atoms with Crippen LogP contribution in [0.5, 0.6) is 0 Å². The molecular formula is C22H35N3O. The van der Waals surface area contributed by atoms with Gasteiger partial charge in [-0.3, -0.25) is 9.69 Å². The SMILES string of the molecule is CCN(CC)CCNC(=O)C1CCN(CC(C)=Cc2ccccc2)CC1. The highest BCUT2D eigenvalue weighted by Gasteiger charge is 2.24. The monoisotopic (exact) mass is 357 g/mol. The molecule has 1 amide bonds. The maximum absolute atomic E-state index is 12.4. The smallest absolute Gasteiger partial charge is 0.223 e. The van der Waals surface area contributed by atoms with Gasteiger partial charge in [-0.25, -0.2) is 0 Å². The molecule has 1 N–H and O–H groups in total. The maximum atomic E-state index is 12.4. The third-order valence-electron chi connectivity index (χ3n) is 5.27. The summed E-state index contributed by atoms with van der Waals surface area (Å²) in [6.07, 6.45) is 4.19. The maximum Gasteiger partial charge on any atom is 0.223 e. The molecule has 0 aliphatic carbocycles. The molecule has 4 heteroatoms. The molecule has 1 aromatic rings. The summed E-state index contributed by atoms with van der Waals surface area (Å²) < 4.78 is 0. The van der Waals surface area contributed by atoms with Gasteiger partial charge in [0.1, 0.15) is 0 Å². The predicted molar refractivity (Wildman–Crippen MR) is 110 cm³/mol. The second-order valence-electron chi connectivity index (χ2n) is 7.27. The van der Waals surface area contributed by atoms with Gasteiger partial charge in [0.15, 0.2) is 0 Å². The van der Waals surface area contributed by atoms with Crippen LogP contribution in [0.1, 0.15) is 39.2 Å². The molecule has 0 bridgehead atoms. The Kier molecular flexibility index (Phi) is 8.86. The van der Waals surface area contributed by atoms with Gasteiger partial charge in [-0.2, -0.15) is 0 Å². The molecule has 1 aliphatic heterocycles. The number of carbonyl (C=O) groups is 1. The van der Waals surface area contributed by atoms with Crippen LogP contribution in [0.25, 0.3) is 6.08 Å². The van der Waals surface area contributed by atoms with E-state index in [-0.39, 0.29) is 11.8 Å². The number of likely N-dealkylation sites (tertiary alicyclic amines) is 1. The third kappa shape index (κ3) is 6.93. The number of hydrogen-bond donors (Lipinski definition) is 1. The molecule has 1 heterocycles. The van der Waals surface area contributed by atoms with Crippen molar-refractivity contribution >= 4 is 12.0 Å². The lowest BCUT2D eigenvalue weighted by Gasteiger charge is -2.31. The fourth-order valence-electron chi connectivity index (χ4n) is 3.61. The van der Waals surface area contributed by atoms with Gasteiger partial charge in [-0.05, 0) is 51.5 Å². The second-order valence-corrected chi connectivity index (χ2v) is 7.27. The van der Waals surface area contributed by atoms with Crippen molar-refractivity contribution in [2.24, 2.45) is 5.92 Å². The summed E-state index contributed by atoms with van der Waals surface area (Å²) in [5.74, 6) is 0.426. The van der Waals surface area contributed by atoms with E-state index in [0.29, 0.717) is 0 Å². The predicted octanol–water partition coefficient (Wildman–Crippen LogP) is 3.26. The molecular weight excluding hydrogens is 322 g/mol. The Morgan fingerprint density at radius 1 is 1.19 bits per heavy atom. The molecule has 4 nitrogen and oxygen atoms in total. The second kappa shape index (κ2) is 11.1. The van der Waals surface area contributed by atoms with E-state index in [9.17, 15) is 4.79 Å². The van der Waals surface area contributed by atoms with Crippen molar-refractivity contribution in [3.8, 4) is 0 Å². The van der Waals surface area contributed by atoms with Gasteiger partial charge >= 0.3 is 0 Å². The number of likely N-dealkylation sites (N-methyl/N-ethyl adjacent to an activating group) is 1. The highest BCUT2D eigenvalue weighted by Crippen LogP contribution is 2.18. The Bertz CT molecular complexity index is 558. The van der Waals surface area contributed by atoms with Crippen molar-refractivity contribution in [3.63, 3.8) is 0 Å². The number of rotatable bonds is 9. The highest BCUT2D eigenvalue weighted by molar-refractivity contribution is 5.78. The standard InChI is InChI=1S/C22H35N3O/c1-4-24(5-2)16-13-23-22(26)21-11-14-25(15-12-21)18-19(3)17-20-9-7-6-8-10-20/h6-10,17,21H,4-5,11-16,18H2,1-3H3,(H,23,26). The Hall–Kier alpha value is -1.65. The lowest BCUT2D eigenvalue weighted by Crippen LogP contribution is -2.42. The Morgan fingerprint density at radius 3 is 2.46 bits per heavy atom. The van der Waals surface area contributed by atoms with Crippen molar-refractivity contribution in [3.05, 3.63) is 41.5 Å². The fourth-order valence-corrected chi connectivity index (χ4v) is 3.61. The van der Waals surface area contributed by atoms with Crippen molar-refractivity contribution in [2.45, 2.75) is 33.6 Å². The van der Waals surface area contributed by atoms with Gasteiger partial charge in [-0.15, -0.1) is 0 Å². The summed E-state index contributed by atoms with van der Waals surface area (Å²) in [5, 5.41) is 3.13. The summed E-state index contributed by atoms with van der Waals surface area (Å²) in [5.41, 5.74) is 2.63. The normalized spacial score (nSPS) is 16.8. The van der Waals surface area contributed by atoms with Crippen LogP contribution in [-0.2, 0) is 4.79 Å². The average molecular weight is 358 g/mol. The molecule has 1 aliphatic rings. The first-order valence-electron chi connectivity index (χ1n) is 10.1. The number of benzene rings is 1. The number of piperidine rings is 1. The lowest BCUT2D eigenvalue weighted by atomic mass is 9.95. The zero-order valence-electron chi connectivity index (χ0n) is 16.7. The van der Waals surface area contributed by atoms with Gasteiger partial charge in [0, 0.05) is 25.6 Å². The van der Waals surface area contributed by atoms with Crippen LogP contribution >= 0.6 is 0 Å². The van der Waals surface area contributed by atoms with Crippen LogP contribution in [0.3, 0.4) is 0 Å². The van der Waals surface area contributed by atoms with Crippen LogP contribution < -0.4 is 5.32 Å². The summed E-state index contributed by atoms with van der Waals surface area (Å²) >= 11 is 0. The lowest BCUT2D eigenvalue weighted by molar-refractivity contribution is -0.126. The number of amides is 1. The van der Waals surface area contributed by atoms with E-state index in [1.807, 2.05) is 6.07 Å². The van der Waals surface area contributed by atoms with E-state index in [2.05, 4.69) is 66.2 Å². The van der Waals surface area contributed by atoms with Crippen LogP contribution in [0, 0.1) is 5.92 Å². The third-order valence-corrected chi connectivity index (χ3v) is 5.27. The van der Waals surface area contributed by atoms with Crippen molar-refractivity contribution < 1.29 is 4.79 Å². The minimum absolute atomic E-state index is 0.182. The van der Waals surface area contributed by atoms with Gasteiger partial charge in [0.05, 0.1) is 0 Å². The van der Waals surface area contributed by atoms with Gasteiger partial charge in [0.25, 0.3) is 0 Å². The van der Waals surface area contributed by atoms with E-state index >= 15 is 0 Å². The molecule has 0 saturated carbocycles. The zero-order valence-corrected chi connectivity index (χ0v) is 16.7. The van der Waals surface area contributed by atoms with Crippen molar-refractivity contribution in [2.75, 3.05) is 45.8 Å². The first-order valence-corrected chi connectivity index (χ1v) is 10.1. The van der Waals surface area contributed by atoms with Gasteiger partial charge < -0.3 is 10.2 Å². The highest BCUT2D eigenvalue weighted by atomic mass is 16.1. The molecule has 1 aromatic carbocycles. The number of carbonyl (C=O) groups excluding carboxylic acids is 1. The molecule has 144 valence electrons. The zero-order chi connectivity index (χ0) is 18.8. The van der Waals surface area contributed by atoms with Crippen LogP contribution in [-0.4, -0.2) is 61.5 Å². The van der Waals surface area contributed by atoms with E-state index in [4.69, 9.17) is 0 Å². The molecule has 1 fully saturated rings. The molecule has 26 heavy (non-hydrogen) atoms. The van der Waals surface area contributed by atoms with Crippen LogP contribution in [0.15, 0.2) is 35.9 Å². The van der Waals surface area contributed by atoms with E-state index in [1.165, 1.54) is 11.1 Å². The minimum atomic E-state index is 0.182. The fraction of sp³-hybridized carbons (Fsp3) is 0.591. The van der Waals surface area contributed by atoms with E-state index in [0.717, 1.165) is 58.7 Å². The number of nitrogens with zero attached hydrogens (tertiary/aromatic N) is 2. The first-order chi connectivity index (χ1) is 12.6. The number of nitrogens with one attached hydrogen (secondary N) is 1.